The summed E-state index contributed by atoms with van der Waals surface area (Å²) in [6, 6.07) is 0. The lowest BCUT2D eigenvalue weighted by atomic mass is 9.93. The summed E-state index contributed by atoms with van der Waals surface area (Å²) >= 11 is 0. The van der Waals surface area contributed by atoms with Crippen molar-refractivity contribution >= 4 is 0 Å². The highest BCUT2D eigenvalue weighted by Gasteiger charge is 2.38. The van der Waals surface area contributed by atoms with Crippen LogP contribution in [0, 0.1) is 29.6 Å². The molecule has 0 aromatic carbocycles. The van der Waals surface area contributed by atoms with Gasteiger partial charge >= 0.3 is 0 Å². The van der Waals surface area contributed by atoms with Crippen LogP contribution in [0.3, 0.4) is 0 Å². The molecule has 0 saturated heterocycles. The molecule has 0 radical (unpaired) electrons. The third kappa shape index (κ3) is 5.04. The molecule has 0 spiro atoms. The van der Waals surface area contributed by atoms with Crippen molar-refractivity contribution < 1.29 is 0 Å². The Hall–Kier alpha value is 0. The van der Waals surface area contributed by atoms with Gasteiger partial charge in [0, 0.05) is 0 Å². The predicted octanol–water partition coefficient (Wildman–Crippen LogP) is 5.13. The second-order valence-corrected chi connectivity index (χ2v) is 6.56. The van der Waals surface area contributed by atoms with Gasteiger partial charge in [-0.25, -0.2) is 0 Å². The molecule has 1 aliphatic rings. The predicted molar refractivity (Wildman–Crippen MR) is 68.9 cm³/mol. The fourth-order valence-corrected chi connectivity index (χ4v) is 2.68. The third-order valence-corrected chi connectivity index (χ3v) is 4.10. The van der Waals surface area contributed by atoms with Gasteiger partial charge in [0.2, 0.25) is 0 Å². The van der Waals surface area contributed by atoms with Gasteiger partial charge in [-0.05, 0) is 42.4 Å². The second-order valence-electron chi connectivity index (χ2n) is 6.56. The fourth-order valence-electron chi connectivity index (χ4n) is 2.68. The summed E-state index contributed by atoms with van der Waals surface area (Å²) in [5.74, 6) is 4.94. The van der Waals surface area contributed by atoms with Crippen LogP contribution in [-0.4, -0.2) is 0 Å². The molecule has 0 aromatic rings. The molecule has 3 atom stereocenters. The standard InChI is InChI=1S/C15H30/c1-11(2)6-7-13(5)8-9-14-10-15(14)12(3)4/h11-15H,6-10H2,1-5H3. The van der Waals surface area contributed by atoms with E-state index in [0.29, 0.717) is 0 Å². The van der Waals surface area contributed by atoms with E-state index in [9.17, 15) is 0 Å². The summed E-state index contributed by atoms with van der Waals surface area (Å²) < 4.78 is 0. The van der Waals surface area contributed by atoms with Crippen LogP contribution in [0.25, 0.3) is 0 Å². The maximum absolute atomic E-state index is 2.44. The molecule has 15 heavy (non-hydrogen) atoms. The summed E-state index contributed by atoms with van der Waals surface area (Å²) in [5.41, 5.74) is 0. The fraction of sp³-hybridized carbons (Fsp3) is 1.00. The minimum absolute atomic E-state index is 0.886. The molecule has 0 nitrogen and oxygen atoms in total. The van der Waals surface area contributed by atoms with E-state index in [-0.39, 0.29) is 0 Å². The van der Waals surface area contributed by atoms with Crippen LogP contribution in [0.4, 0.5) is 0 Å². The Balaban J connectivity index is 2.01. The smallest absolute Gasteiger partial charge is 0.0360 e. The van der Waals surface area contributed by atoms with Crippen molar-refractivity contribution in [3.05, 3.63) is 0 Å². The first-order valence-electron chi connectivity index (χ1n) is 7.00. The van der Waals surface area contributed by atoms with Gasteiger partial charge in [0.1, 0.15) is 0 Å². The average Bonchev–Trinajstić information content (AvgIpc) is 2.90. The Kier molecular flexibility index (Phi) is 5.15. The Bertz CT molecular complexity index is 169. The van der Waals surface area contributed by atoms with Gasteiger partial charge < -0.3 is 0 Å². The van der Waals surface area contributed by atoms with E-state index in [2.05, 4.69) is 34.6 Å². The Morgan fingerprint density at radius 3 is 2.07 bits per heavy atom. The largest absolute Gasteiger partial charge is 0.0628 e. The number of hydrogen-bond donors (Lipinski definition) is 0. The van der Waals surface area contributed by atoms with Crippen molar-refractivity contribution in [1.82, 2.24) is 0 Å². The molecule has 0 N–H and O–H groups in total. The molecule has 3 unspecified atom stereocenters. The Morgan fingerprint density at radius 1 is 0.933 bits per heavy atom. The molecule has 1 aliphatic carbocycles. The van der Waals surface area contributed by atoms with E-state index in [1.165, 1.54) is 32.1 Å². The van der Waals surface area contributed by atoms with E-state index < -0.39 is 0 Å². The first-order valence-corrected chi connectivity index (χ1v) is 7.00. The zero-order valence-electron chi connectivity index (χ0n) is 11.4. The van der Waals surface area contributed by atoms with Crippen LogP contribution >= 0.6 is 0 Å². The third-order valence-electron chi connectivity index (χ3n) is 4.10. The van der Waals surface area contributed by atoms with Gasteiger partial charge in [-0.3, -0.25) is 0 Å². The zero-order valence-corrected chi connectivity index (χ0v) is 11.4. The lowest BCUT2D eigenvalue weighted by molar-refractivity contribution is 0.396. The topological polar surface area (TPSA) is 0 Å². The van der Waals surface area contributed by atoms with E-state index in [4.69, 9.17) is 0 Å². The summed E-state index contributed by atoms with van der Waals surface area (Å²) in [4.78, 5) is 0. The minimum Gasteiger partial charge on any atom is -0.0628 e. The maximum atomic E-state index is 2.44. The van der Waals surface area contributed by atoms with Gasteiger partial charge in [-0.2, -0.15) is 0 Å². The van der Waals surface area contributed by atoms with Gasteiger partial charge in [0.25, 0.3) is 0 Å². The van der Waals surface area contributed by atoms with E-state index in [0.717, 1.165) is 29.6 Å². The van der Waals surface area contributed by atoms with Crippen LogP contribution in [0.2, 0.25) is 0 Å². The van der Waals surface area contributed by atoms with Crippen LogP contribution in [-0.2, 0) is 0 Å². The molecule has 0 heteroatoms. The average molecular weight is 210 g/mol. The van der Waals surface area contributed by atoms with Gasteiger partial charge in [0.15, 0.2) is 0 Å². The Labute approximate surface area is 96.8 Å². The molecule has 0 aliphatic heterocycles. The second kappa shape index (κ2) is 5.92. The lowest BCUT2D eigenvalue weighted by Crippen LogP contribution is -2.00. The minimum atomic E-state index is 0.886. The molecule has 1 fully saturated rings. The first kappa shape index (κ1) is 13.1. The molecular weight excluding hydrogens is 180 g/mol. The van der Waals surface area contributed by atoms with E-state index >= 15 is 0 Å². The molecular formula is C15H30. The first-order chi connectivity index (χ1) is 7.00. The number of hydrogen-bond acceptors (Lipinski definition) is 0. The van der Waals surface area contributed by atoms with Gasteiger partial charge in [-0.15, -0.1) is 0 Å². The van der Waals surface area contributed by atoms with Crippen molar-refractivity contribution in [2.75, 3.05) is 0 Å². The Morgan fingerprint density at radius 2 is 1.60 bits per heavy atom. The van der Waals surface area contributed by atoms with Crippen molar-refractivity contribution in [1.29, 1.82) is 0 Å². The number of rotatable bonds is 7. The maximum Gasteiger partial charge on any atom is -0.0360 e. The summed E-state index contributed by atoms with van der Waals surface area (Å²) in [5, 5.41) is 0. The van der Waals surface area contributed by atoms with Crippen molar-refractivity contribution in [2.45, 2.75) is 66.7 Å². The quantitative estimate of drug-likeness (QED) is 0.546. The van der Waals surface area contributed by atoms with E-state index in [1.807, 2.05) is 0 Å². The molecule has 0 heterocycles. The molecule has 90 valence electrons. The molecule has 0 bridgehead atoms. The van der Waals surface area contributed by atoms with Crippen molar-refractivity contribution in [3.8, 4) is 0 Å². The van der Waals surface area contributed by atoms with Crippen LogP contribution < -0.4 is 0 Å². The monoisotopic (exact) mass is 210 g/mol. The molecule has 1 saturated carbocycles. The van der Waals surface area contributed by atoms with Gasteiger partial charge in [-0.1, -0.05) is 53.9 Å². The van der Waals surface area contributed by atoms with E-state index in [1.54, 1.807) is 0 Å². The lowest BCUT2D eigenvalue weighted by Gasteiger charge is -2.12. The normalized spacial score (nSPS) is 27.4. The molecule has 0 aromatic heterocycles. The summed E-state index contributed by atoms with van der Waals surface area (Å²) in [6.45, 7) is 11.9. The van der Waals surface area contributed by atoms with Crippen LogP contribution in [0.1, 0.15) is 66.7 Å². The van der Waals surface area contributed by atoms with Crippen LogP contribution in [0.5, 0.6) is 0 Å². The van der Waals surface area contributed by atoms with Crippen molar-refractivity contribution in [2.24, 2.45) is 29.6 Å². The highest BCUT2D eigenvalue weighted by Crippen LogP contribution is 2.47. The summed E-state index contributed by atoms with van der Waals surface area (Å²) in [6.07, 6.45) is 7.35. The van der Waals surface area contributed by atoms with Crippen molar-refractivity contribution in [3.63, 3.8) is 0 Å². The molecule has 0 amide bonds. The highest BCUT2D eigenvalue weighted by molar-refractivity contribution is 4.88. The SMILES string of the molecule is CC(C)CCC(C)CCC1CC1C(C)C. The van der Waals surface area contributed by atoms with Crippen LogP contribution in [0.15, 0.2) is 0 Å². The highest BCUT2D eigenvalue weighted by atomic mass is 14.4. The molecule has 1 rings (SSSR count). The summed E-state index contributed by atoms with van der Waals surface area (Å²) in [7, 11) is 0. The van der Waals surface area contributed by atoms with Gasteiger partial charge in [0.05, 0.1) is 0 Å². The zero-order chi connectivity index (χ0) is 11.4.